The van der Waals surface area contributed by atoms with E-state index in [2.05, 4.69) is 12.2 Å². The molecule has 1 heterocycles. The van der Waals surface area contributed by atoms with Gasteiger partial charge in [-0.25, -0.2) is 0 Å². The van der Waals surface area contributed by atoms with Gasteiger partial charge in [0.2, 0.25) is 0 Å². The van der Waals surface area contributed by atoms with E-state index in [9.17, 15) is 4.79 Å². The average Bonchev–Trinajstić information content (AvgIpc) is 2.18. The molecular weight excluding hydrogens is 202 g/mol. The van der Waals surface area contributed by atoms with Crippen molar-refractivity contribution in [2.24, 2.45) is 0 Å². The minimum atomic E-state index is -0.373. The molecule has 0 bridgehead atoms. The zero-order valence-corrected chi connectivity index (χ0v) is 9.78. The molecule has 1 fully saturated rings. The molecule has 0 amide bonds. The molecule has 3 nitrogen and oxygen atoms in total. The Morgan fingerprint density at radius 3 is 2.64 bits per heavy atom. The molecule has 4 heteroatoms. The highest BCUT2D eigenvalue weighted by Crippen LogP contribution is 2.25. The van der Waals surface area contributed by atoms with Crippen LogP contribution in [0.4, 0.5) is 0 Å². The second-order valence-corrected chi connectivity index (χ2v) is 3.71. The quantitative estimate of drug-likeness (QED) is 0.740. The Balaban J connectivity index is 0.00000169. The number of methoxy groups -OCH3 is 1. The van der Waals surface area contributed by atoms with Gasteiger partial charge in [-0.05, 0) is 32.2 Å². The molecule has 0 saturated carbocycles. The smallest absolute Gasteiger partial charge is 0.326 e. The van der Waals surface area contributed by atoms with Crippen molar-refractivity contribution >= 4 is 18.4 Å². The van der Waals surface area contributed by atoms with Crippen LogP contribution in [0.2, 0.25) is 0 Å². The number of hydrogen-bond donors (Lipinski definition) is 1. The highest BCUT2D eigenvalue weighted by molar-refractivity contribution is 5.85. The van der Waals surface area contributed by atoms with E-state index >= 15 is 0 Å². The van der Waals surface area contributed by atoms with Crippen LogP contribution in [0.15, 0.2) is 0 Å². The second-order valence-electron chi connectivity index (χ2n) is 3.71. The van der Waals surface area contributed by atoms with Gasteiger partial charge in [0.05, 0.1) is 7.11 Å². The van der Waals surface area contributed by atoms with E-state index in [4.69, 9.17) is 4.74 Å². The maximum Gasteiger partial charge on any atom is 0.326 e. The average molecular weight is 222 g/mol. The normalized spacial score (nSPS) is 26.4. The van der Waals surface area contributed by atoms with Gasteiger partial charge in [-0.1, -0.05) is 13.3 Å². The maximum absolute atomic E-state index is 11.6. The topological polar surface area (TPSA) is 38.3 Å². The summed E-state index contributed by atoms with van der Waals surface area (Å²) >= 11 is 0. The summed E-state index contributed by atoms with van der Waals surface area (Å²) in [6.45, 7) is 3.04. The van der Waals surface area contributed by atoms with E-state index in [1.807, 2.05) is 0 Å². The van der Waals surface area contributed by atoms with Crippen LogP contribution in [-0.4, -0.2) is 25.2 Å². The number of carbonyl (C=O) groups is 1. The number of ether oxygens (including phenoxy) is 1. The van der Waals surface area contributed by atoms with Crippen molar-refractivity contribution in [1.82, 2.24) is 5.32 Å². The van der Waals surface area contributed by atoms with Gasteiger partial charge in [-0.2, -0.15) is 0 Å². The molecule has 0 spiro atoms. The summed E-state index contributed by atoms with van der Waals surface area (Å²) in [5.74, 6) is -0.0888. The Bertz CT molecular complexity index is 173. The van der Waals surface area contributed by atoms with Crippen molar-refractivity contribution < 1.29 is 9.53 Å². The number of hydrogen-bond acceptors (Lipinski definition) is 3. The predicted molar refractivity (Wildman–Crippen MR) is 58.8 cm³/mol. The Morgan fingerprint density at radius 1 is 1.50 bits per heavy atom. The van der Waals surface area contributed by atoms with Gasteiger partial charge in [0.15, 0.2) is 0 Å². The monoisotopic (exact) mass is 221 g/mol. The van der Waals surface area contributed by atoms with Crippen LogP contribution in [-0.2, 0) is 9.53 Å². The molecule has 1 aliphatic rings. The molecule has 0 aromatic carbocycles. The first-order valence-corrected chi connectivity index (χ1v) is 5.08. The lowest BCUT2D eigenvalue weighted by Gasteiger charge is -2.35. The molecule has 0 aromatic heterocycles. The third-order valence-corrected chi connectivity index (χ3v) is 2.75. The molecule has 1 N–H and O–H groups in total. The molecule has 0 aromatic rings. The summed E-state index contributed by atoms with van der Waals surface area (Å²) < 4.78 is 4.84. The first kappa shape index (κ1) is 13.7. The number of piperidine rings is 1. The first-order chi connectivity index (χ1) is 6.25. The minimum absolute atomic E-state index is 0. The zero-order chi connectivity index (χ0) is 9.73. The number of nitrogens with one attached hydrogen (secondary N) is 1. The summed E-state index contributed by atoms with van der Waals surface area (Å²) in [5, 5.41) is 3.31. The molecule has 84 valence electrons. The van der Waals surface area contributed by atoms with Gasteiger partial charge in [0, 0.05) is 0 Å². The number of esters is 1. The Kier molecular flexibility index (Phi) is 6.12. The van der Waals surface area contributed by atoms with E-state index in [0.29, 0.717) is 0 Å². The van der Waals surface area contributed by atoms with Crippen LogP contribution in [0.5, 0.6) is 0 Å². The Hall–Kier alpha value is -0.280. The van der Waals surface area contributed by atoms with E-state index in [-0.39, 0.29) is 23.9 Å². The van der Waals surface area contributed by atoms with E-state index in [0.717, 1.165) is 32.2 Å². The van der Waals surface area contributed by atoms with E-state index in [1.165, 1.54) is 13.5 Å². The fourth-order valence-electron chi connectivity index (χ4n) is 2.08. The SMILES string of the molecule is CCCC1(C(=O)OC)CCCCN1.Cl. The van der Waals surface area contributed by atoms with Gasteiger partial charge in [-0.15, -0.1) is 12.4 Å². The molecule has 1 saturated heterocycles. The van der Waals surface area contributed by atoms with Gasteiger partial charge in [-0.3, -0.25) is 4.79 Å². The highest BCUT2D eigenvalue weighted by atomic mass is 35.5. The van der Waals surface area contributed by atoms with Crippen LogP contribution in [0, 0.1) is 0 Å². The van der Waals surface area contributed by atoms with Crippen LogP contribution < -0.4 is 5.32 Å². The van der Waals surface area contributed by atoms with Crippen LogP contribution in [0.3, 0.4) is 0 Å². The molecule has 1 atom stereocenters. The van der Waals surface area contributed by atoms with Crippen molar-refractivity contribution in [2.75, 3.05) is 13.7 Å². The lowest BCUT2D eigenvalue weighted by atomic mass is 9.85. The fourth-order valence-corrected chi connectivity index (χ4v) is 2.08. The molecule has 1 unspecified atom stereocenters. The van der Waals surface area contributed by atoms with Crippen LogP contribution in [0.1, 0.15) is 39.0 Å². The van der Waals surface area contributed by atoms with Gasteiger partial charge >= 0.3 is 5.97 Å². The summed E-state index contributed by atoms with van der Waals surface area (Å²) in [4.78, 5) is 11.6. The lowest BCUT2D eigenvalue weighted by molar-refractivity contribution is -0.150. The van der Waals surface area contributed by atoms with Gasteiger partial charge in [0.25, 0.3) is 0 Å². The van der Waals surface area contributed by atoms with E-state index < -0.39 is 0 Å². The van der Waals surface area contributed by atoms with Crippen molar-refractivity contribution in [3.8, 4) is 0 Å². The zero-order valence-electron chi connectivity index (χ0n) is 8.97. The maximum atomic E-state index is 11.6. The third kappa shape index (κ3) is 2.85. The number of carbonyl (C=O) groups excluding carboxylic acids is 1. The van der Waals surface area contributed by atoms with Crippen molar-refractivity contribution in [1.29, 1.82) is 0 Å². The first-order valence-electron chi connectivity index (χ1n) is 5.08. The molecule has 14 heavy (non-hydrogen) atoms. The number of rotatable bonds is 3. The molecular formula is C10H20ClNO2. The van der Waals surface area contributed by atoms with Gasteiger partial charge in [0.1, 0.15) is 5.54 Å². The number of halogens is 1. The minimum Gasteiger partial charge on any atom is -0.468 e. The van der Waals surface area contributed by atoms with Crippen molar-refractivity contribution in [3.63, 3.8) is 0 Å². The van der Waals surface area contributed by atoms with Gasteiger partial charge < -0.3 is 10.1 Å². The van der Waals surface area contributed by atoms with Crippen molar-refractivity contribution in [2.45, 2.75) is 44.6 Å². The predicted octanol–water partition coefficient (Wildman–Crippen LogP) is 1.89. The Morgan fingerprint density at radius 2 is 2.21 bits per heavy atom. The molecule has 0 radical (unpaired) electrons. The summed E-state index contributed by atoms with van der Waals surface area (Å²) in [5.41, 5.74) is -0.373. The second kappa shape index (κ2) is 6.25. The summed E-state index contributed by atoms with van der Waals surface area (Å²) in [7, 11) is 1.47. The molecule has 0 aliphatic carbocycles. The van der Waals surface area contributed by atoms with Crippen LogP contribution >= 0.6 is 12.4 Å². The summed E-state index contributed by atoms with van der Waals surface area (Å²) in [6, 6.07) is 0. The van der Waals surface area contributed by atoms with E-state index in [1.54, 1.807) is 0 Å². The lowest BCUT2D eigenvalue weighted by Crippen LogP contribution is -2.55. The summed E-state index contributed by atoms with van der Waals surface area (Å²) in [6.07, 6.45) is 5.12. The van der Waals surface area contributed by atoms with Crippen LogP contribution in [0.25, 0.3) is 0 Å². The standard InChI is InChI=1S/C10H19NO2.ClH/c1-3-6-10(9(12)13-2)7-4-5-8-11-10;/h11H,3-8H2,1-2H3;1H. The third-order valence-electron chi connectivity index (χ3n) is 2.75. The highest BCUT2D eigenvalue weighted by Gasteiger charge is 2.39. The van der Waals surface area contributed by atoms with Crippen molar-refractivity contribution in [3.05, 3.63) is 0 Å². The molecule has 1 aliphatic heterocycles. The fraction of sp³-hybridized carbons (Fsp3) is 0.900. The molecule has 1 rings (SSSR count). The largest absolute Gasteiger partial charge is 0.468 e. The Labute approximate surface area is 92.0 Å².